The van der Waals surface area contributed by atoms with Gasteiger partial charge in [0, 0.05) is 13.1 Å². The van der Waals surface area contributed by atoms with Gasteiger partial charge in [0.15, 0.2) is 5.82 Å². The first-order valence-corrected chi connectivity index (χ1v) is 6.21. The van der Waals surface area contributed by atoms with Crippen LogP contribution in [0.5, 0.6) is 0 Å². The fourth-order valence-corrected chi connectivity index (χ4v) is 1.70. The maximum atomic E-state index is 11.9. The van der Waals surface area contributed by atoms with Gasteiger partial charge >= 0.3 is 5.97 Å². The van der Waals surface area contributed by atoms with Crippen LogP contribution in [-0.4, -0.2) is 28.3 Å². The third-order valence-electron chi connectivity index (χ3n) is 2.52. The summed E-state index contributed by atoms with van der Waals surface area (Å²) in [4.78, 5) is 23.0. The molecule has 1 N–H and O–H groups in total. The molecule has 1 heterocycles. The molecule has 2 rings (SSSR count). The van der Waals surface area contributed by atoms with Gasteiger partial charge in [0.25, 0.3) is 0 Å². The molecule has 0 saturated carbocycles. The summed E-state index contributed by atoms with van der Waals surface area (Å²) in [5.74, 6) is -0.618. The summed E-state index contributed by atoms with van der Waals surface area (Å²) in [5, 5.41) is 6.74. The summed E-state index contributed by atoms with van der Waals surface area (Å²) in [5.41, 5.74) is 1.01. The van der Waals surface area contributed by atoms with Crippen LogP contribution in [0.1, 0.15) is 24.2 Å². The summed E-state index contributed by atoms with van der Waals surface area (Å²) in [7, 11) is 0. The van der Waals surface area contributed by atoms with E-state index in [9.17, 15) is 9.59 Å². The molecule has 20 heavy (non-hydrogen) atoms. The standard InChI is InChI=1S/C14H15N3O3/c1-3-20-14(19)12-9-17(11-7-5-4-6-8-11)16-13(12)15-10(2)18/h4-9H,3H2,1-2H3,(H,15,16,18). The number of benzene rings is 1. The van der Waals surface area contributed by atoms with E-state index in [1.165, 1.54) is 11.6 Å². The summed E-state index contributed by atoms with van der Waals surface area (Å²) < 4.78 is 6.48. The molecule has 1 amide bonds. The van der Waals surface area contributed by atoms with Crippen LogP contribution in [0.25, 0.3) is 5.69 Å². The van der Waals surface area contributed by atoms with Crippen LogP contribution < -0.4 is 5.32 Å². The molecule has 0 bridgehead atoms. The predicted molar refractivity (Wildman–Crippen MR) is 73.8 cm³/mol. The van der Waals surface area contributed by atoms with E-state index in [2.05, 4.69) is 10.4 Å². The van der Waals surface area contributed by atoms with E-state index in [0.717, 1.165) is 5.69 Å². The van der Waals surface area contributed by atoms with Gasteiger partial charge in [-0.15, -0.1) is 5.10 Å². The number of nitrogens with one attached hydrogen (secondary N) is 1. The van der Waals surface area contributed by atoms with Crippen molar-refractivity contribution >= 4 is 17.7 Å². The highest BCUT2D eigenvalue weighted by atomic mass is 16.5. The van der Waals surface area contributed by atoms with Gasteiger partial charge in [-0.25, -0.2) is 9.48 Å². The van der Waals surface area contributed by atoms with Gasteiger partial charge < -0.3 is 10.1 Å². The Balaban J connectivity index is 2.41. The highest BCUT2D eigenvalue weighted by molar-refractivity contribution is 5.99. The Bertz CT molecular complexity index is 620. The Morgan fingerprint density at radius 1 is 1.30 bits per heavy atom. The summed E-state index contributed by atoms with van der Waals surface area (Å²) in [6.07, 6.45) is 1.54. The first-order chi connectivity index (χ1) is 9.61. The van der Waals surface area contributed by atoms with Gasteiger partial charge in [-0.3, -0.25) is 4.79 Å². The molecule has 0 saturated heterocycles. The van der Waals surface area contributed by atoms with Gasteiger partial charge in [-0.05, 0) is 19.1 Å². The van der Waals surface area contributed by atoms with Crippen molar-refractivity contribution in [1.29, 1.82) is 0 Å². The van der Waals surface area contributed by atoms with Crippen molar-refractivity contribution in [3.63, 3.8) is 0 Å². The number of ether oxygens (including phenoxy) is 1. The normalized spacial score (nSPS) is 10.1. The van der Waals surface area contributed by atoms with Gasteiger partial charge in [0.2, 0.25) is 5.91 Å². The average molecular weight is 273 g/mol. The number of rotatable bonds is 4. The number of carbonyl (C=O) groups excluding carboxylic acids is 2. The van der Waals surface area contributed by atoms with Gasteiger partial charge in [0.1, 0.15) is 5.56 Å². The molecule has 0 unspecified atom stereocenters. The zero-order valence-electron chi connectivity index (χ0n) is 11.3. The number of anilines is 1. The van der Waals surface area contributed by atoms with Crippen LogP contribution in [0.3, 0.4) is 0 Å². The lowest BCUT2D eigenvalue weighted by Gasteiger charge is -2.01. The Morgan fingerprint density at radius 2 is 2.00 bits per heavy atom. The van der Waals surface area contributed by atoms with E-state index in [1.54, 1.807) is 13.1 Å². The van der Waals surface area contributed by atoms with E-state index < -0.39 is 5.97 Å². The molecular formula is C14H15N3O3. The predicted octanol–water partition coefficient (Wildman–Crippen LogP) is 2.01. The quantitative estimate of drug-likeness (QED) is 0.865. The molecule has 6 heteroatoms. The molecule has 6 nitrogen and oxygen atoms in total. The zero-order valence-corrected chi connectivity index (χ0v) is 11.3. The molecule has 104 valence electrons. The number of aromatic nitrogens is 2. The first-order valence-electron chi connectivity index (χ1n) is 6.21. The molecule has 0 atom stereocenters. The third kappa shape index (κ3) is 3.03. The number of hydrogen-bond donors (Lipinski definition) is 1. The summed E-state index contributed by atoms with van der Waals surface area (Å²) in [6.45, 7) is 3.34. The highest BCUT2D eigenvalue weighted by Crippen LogP contribution is 2.18. The van der Waals surface area contributed by atoms with Crippen molar-refractivity contribution in [1.82, 2.24) is 9.78 Å². The monoisotopic (exact) mass is 273 g/mol. The maximum absolute atomic E-state index is 11.9. The molecule has 1 aromatic heterocycles. The molecule has 1 aromatic carbocycles. The molecule has 2 aromatic rings. The van der Waals surface area contributed by atoms with Crippen LogP contribution in [0.2, 0.25) is 0 Å². The van der Waals surface area contributed by atoms with E-state index in [-0.39, 0.29) is 23.9 Å². The second kappa shape index (κ2) is 6.01. The van der Waals surface area contributed by atoms with Gasteiger partial charge in [-0.2, -0.15) is 0 Å². The smallest absolute Gasteiger partial charge is 0.343 e. The Kier molecular flexibility index (Phi) is 4.14. The molecular weight excluding hydrogens is 258 g/mol. The van der Waals surface area contributed by atoms with Crippen molar-refractivity contribution < 1.29 is 14.3 Å². The molecule has 0 aliphatic heterocycles. The largest absolute Gasteiger partial charge is 0.462 e. The average Bonchev–Trinajstić information content (AvgIpc) is 2.83. The lowest BCUT2D eigenvalue weighted by atomic mass is 10.3. The molecule has 0 radical (unpaired) electrons. The Morgan fingerprint density at radius 3 is 2.60 bits per heavy atom. The van der Waals surface area contributed by atoms with E-state index in [4.69, 9.17) is 4.74 Å². The van der Waals surface area contributed by atoms with E-state index >= 15 is 0 Å². The Hall–Kier alpha value is -2.63. The van der Waals surface area contributed by atoms with Crippen molar-refractivity contribution in [2.75, 3.05) is 11.9 Å². The van der Waals surface area contributed by atoms with Crippen LogP contribution in [0.15, 0.2) is 36.5 Å². The van der Waals surface area contributed by atoms with Gasteiger partial charge in [-0.1, -0.05) is 18.2 Å². The van der Waals surface area contributed by atoms with Crippen LogP contribution >= 0.6 is 0 Å². The minimum atomic E-state index is -0.515. The number of carbonyl (C=O) groups is 2. The Labute approximate surface area is 116 Å². The minimum absolute atomic E-state index is 0.194. The number of nitrogens with zero attached hydrogens (tertiary/aromatic N) is 2. The highest BCUT2D eigenvalue weighted by Gasteiger charge is 2.18. The molecule has 0 fully saturated rings. The SMILES string of the molecule is CCOC(=O)c1cn(-c2ccccc2)nc1NC(C)=O. The molecule has 0 aliphatic rings. The number of para-hydroxylation sites is 1. The van der Waals surface area contributed by atoms with Crippen molar-refractivity contribution in [3.8, 4) is 5.69 Å². The van der Waals surface area contributed by atoms with Crippen molar-refractivity contribution in [2.45, 2.75) is 13.8 Å². The van der Waals surface area contributed by atoms with Crippen molar-refractivity contribution in [2.24, 2.45) is 0 Å². The van der Waals surface area contributed by atoms with Gasteiger partial charge in [0.05, 0.1) is 12.3 Å². The van der Waals surface area contributed by atoms with Crippen molar-refractivity contribution in [3.05, 3.63) is 42.1 Å². The number of amides is 1. The number of hydrogen-bond acceptors (Lipinski definition) is 4. The fourth-order valence-electron chi connectivity index (χ4n) is 1.70. The zero-order chi connectivity index (χ0) is 14.5. The summed E-state index contributed by atoms with van der Waals surface area (Å²) >= 11 is 0. The second-order valence-corrected chi connectivity index (χ2v) is 4.07. The lowest BCUT2D eigenvalue weighted by Crippen LogP contribution is -2.12. The topological polar surface area (TPSA) is 73.2 Å². The molecule has 0 aliphatic carbocycles. The number of esters is 1. The molecule has 0 spiro atoms. The van der Waals surface area contributed by atoms with Crippen LogP contribution in [-0.2, 0) is 9.53 Å². The first kappa shape index (κ1) is 13.8. The summed E-state index contributed by atoms with van der Waals surface area (Å²) in [6, 6.07) is 9.30. The van der Waals surface area contributed by atoms with E-state index in [0.29, 0.717) is 0 Å². The second-order valence-electron chi connectivity index (χ2n) is 4.07. The van der Waals surface area contributed by atoms with Crippen LogP contribution in [0, 0.1) is 0 Å². The third-order valence-corrected chi connectivity index (χ3v) is 2.52. The fraction of sp³-hybridized carbons (Fsp3) is 0.214. The van der Waals surface area contributed by atoms with Crippen LogP contribution in [0.4, 0.5) is 5.82 Å². The minimum Gasteiger partial charge on any atom is -0.462 e. The van der Waals surface area contributed by atoms with E-state index in [1.807, 2.05) is 30.3 Å². The maximum Gasteiger partial charge on any atom is 0.343 e. The lowest BCUT2D eigenvalue weighted by molar-refractivity contribution is -0.114.